The summed E-state index contributed by atoms with van der Waals surface area (Å²) in [5, 5.41) is 6.91. The quantitative estimate of drug-likeness (QED) is 0.909. The van der Waals surface area contributed by atoms with Crippen LogP contribution >= 0.6 is 11.6 Å². The Morgan fingerprint density at radius 2 is 2.00 bits per heavy atom. The summed E-state index contributed by atoms with van der Waals surface area (Å²) in [7, 11) is 0. The maximum Gasteiger partial charge on any atom is 0.251 e. The van der Waals surface area contributed by atoms with E-state index in [-0.39, 0.29) is 5.91 Å². The lowest BCUT2D eigenvalue weighted by atomic mass is 10.1. The molecule has 0 bridgehead atoms. The minimum atomic E-state index is -0.0466. The van der Waals surface area contributed by atoms with E-state index in [2.05, 4.69) is 10.6 Å². The number of amides is 1. The van der Waals surface area contributed by atoms with Gasteiger partial charge in [0.15, 0.2) is 0 Å². The first-order chi connectivity index (χ1) is 9.72. The van der Waals surface area contributed by atoms with E-state index in [1.807, 2.05) is 42.5 Å². The van der Waals surface area contributed by atoms with Gasteiger partial charge in [-0.05, 0) is 47.9 Å². The van der Waals surface area contributed by atoms with Crippen molar-refractivity contribution in [3.63, 3.8) is 0 Å². The Morgan fingerprint density at radius 1 is 1.20 bits per heavy atom. The highest BCUT2D eigenvalue weighted by Crippen LogP contribution is 2.22. The van der Waals surface area contributed by atoms with Gasteiger partial charge in [-0.15, -0.1) is 0 Å². The van der Waals surface area contributed by atoms with Crippen LogP contribution in [-0.2, 0) is 13.0 Å². The van der Waals surface area contributed by atoms with Gasteiger partial charge in [0.25, 0.3) is 5.91 Å². The van der Waals surface area contributed by atoms with E-state index >= 15 is 0 Å². The van der Waals surface area contributed by atoms with Crippen molar-refractivity contribution in [3.8, 4) is 0 Å². The van der Waals surface area contributed by atoms with Gasteiger partial charge in [0.05, 0.1) is 0 Å². The van der Waals surface area contributed by atoms with E-state index < -0.39 is 0 Å². The minimum Gasteiger partial charge on any atom is -0.384 e. The van der Waals surface area contributed by atoms with Crippen LogP contribution in [0.5, 0.6) is 0 Å². The van der Waals surface area contributed by atoms with Crippen LogP contribution in [0.3, 0.4) is 0 Å². The molecule has 2 aromatic carbocycles. The van der Waals surface area contributed by atoms with Crippen molar-refractivity contribution >= 4 is 23.2 Å². The first kappa shape index (κ1) is 13.0. The molecule has 0 saturated carbocycles. The van der Waals surface area contributed by atoms with Crippen molar-refractivity contribution in [3.05, 3.63) is 64.2 Å². The number of carbonyl (C=O) groups is 1. The summed E-state index contributed by atoms with van der Waals surface area (Å²) in [4.78, 5) is 12.1. The predicted molar refractivity (Wildman–Crippen MR) is 81.3 cm³/mol. The SMILES string of the molecule is O=C(NCc1ccc(Cl)cc1)c1ccc2c(c1)CCN2. The molecule has 0 saturated heterocycles. The van der Waals surface area contributed by atoms with Crippen molar-refractivity contribution in [2.75, 3.05) is 11.9 Å². The third-order valence-corrected chi connectivity index (χ3v) is 3.70. The summed E-state index contributed by atoms with van der Waals surface area (Å²) in [5.41, 5.74) is 4.09. The molecule has 4 heteroatoms. The number of hydrogen-bond acceptors (Lipinski definition) is 2. The number of fused-ring (bicyclic) bond motifs is 1. The van der Waals surface area contributed by atoms with Crippen LogP contribution in [0.4, 0.5) is 5.69 Å². The summed E-state index contributed by atoms with van der Waals surface area (Å²) >= 11 is 5.83. The minimum absolute atomic E-state index is 0.0466. The first-order valence-electron chi connectivity index (χ1n) is 6.62. The van der Waals surface area contributed by atoms with Gasteiger partial charge in [0.2, 0.25) is 0 Å². The lowest BCUT2D eigenvalue weighted by molar-refractivity contribution is 0.0951. The van der Waals surface area contributed by atoms with Crippen LogP contribution in [0.25, 0.3) is 0 Å². The van der Waals surface area contributed by atoms with Gasteiger partial charge >= 0.3 is 0 Å². The lowest BCUT2D eigenvalue weighted by Gasteiger charge is -2.07. The van der Waals surface area contributed by atoms with Crippen molar-refractivity contribution in [1.82, 2.24) is 5.32 Å². The Balaban J connectivity index is 1.66. The molecule has 0 aromatic heterocycles. The highest BCUT2D eigenvalue weighted by Gasteiger charge is 2.13. The molecule has 3 rings (SSSR count). The number of halogens is 1. The predicted octanol–water partition coefficient (Wildman–Crippen LogP) is 3.24. The highest BCUT2D eigenvalue weighted by atomic mass is 35.5. The fourth-order valence-corrected chi connectivity index (χ4v) is 2.46. The molecule has 1 heterocycles. The first-order valence-corrected chi connectivity index (χ1v) is 6.99. The fourth-order valence-electron chi connectivity index (χ4n) is 2.33. The van der Waals surface area contributed by atoms with Gasteiger partial charge in [-0.3, -0.25) is 4.79 Å². The molecule has 1 amide bonds. The Bertz CT molecular complexity index is 637. The molecule has 3 nitrogen and oxygen atoms in total. The Hall–Kier alpha value is -2.00. The van der Waals surface area contributed by atoms with Crippen LogP contribution in [0, 0.1) is 0 Å². The third-order valence-electron chi connectivity index (χ3n) is 3.44. The molecule has 20 heavy (non-hydrogen) atoms. The van der Waals surface area contributed by atoms with Crippen molar-refractivity contribution < 1.29 is 4.79 Å². The maximum atomic E-state index is 12.1. The van der Waals surface area contributed by atoms with E-state index in [0.29, 0.717) is 17.1 Å². The molecule has 2 aromatic rings. The van der Waals surface area contributed by atoms with Crippen molar-refractivity contribution in [2.45, 2.75) is 13.0 Å². The zero-order valence-electron chi connectivity index (χ0n) is 10.9. The molecule has 0 unspecified atom stereocenters. The molecule has 102 valence electrons. The zero-order valence-corrected chi connectivity index (χ0v) is 11.7. The summed E-state index contributed by atoms with van der Waals surface area (Å²) in [5.74, 6) is -0.0466. The number of carbonyl (C=O) groups excluding carboxylic acids is 1. The van der Waals surface area contributed by atoms with Crippen LogP contribution in [0.15, 0.2) is 42.5 Å². The molecule has 0 atom stereocenters. The number of nitrogens with one attached hydrogen (secondary N) is 2. The average molecular weight is 287 g/mol. The van der Waals surface area contributed by atoms with Crippen LogP contribution in [0.1, 0.15) is 21.5 Å². The van der Waals surface area contributed by atoms with Crippen molar-refractivity contribution in [1.29, 1.82) is 0 Å². The average Bonchev–Trinajstić information content (AvgIpc) is 2.93. The number of rotatable bonds is 3. The van der Waals surface area contributed by atoms with E-state index in [1.165, 1.54) is 5.56 Å². The topological polar surface area (TPSA) is 41.1 Å². The number of benzene rings is 2. The molecule has 0 radical (unpaired) electrons. The fraction of sp³-hybridized carbons (Fsp3) is 0.188. The van der Waals surface area contributed by atoms with Gasteiger partial charge in [-0.1, -0.05) is 23.7 Å². The van der Waals surface area contributed by atoms with Gasteiger partial charge in [0.1, 0.15) is 0 Å². The second-order valence-corrected chi connectivity index (χ2v) is 5.29. The lowest BCUT2D eigenvalue weighted by Crippen LogP contribution is -2.22. The molecular formula is C16H15ClN2O. The van der Waals surface area contributed by atoms with Crippen LogP contribution < -0.4 is 10.6 Å². The molecule has 2 N–H and O–H groups in total. The monoisotopic (exact) mass is 286 g/mol. The Morgan fingerprint density at radius 3 is 2.80 bits per heavy atom. The normalized spacial score (nSPS) is 12.7. The largest absolute Gasteiger partial charge is 0.384 e. The summed E-state index contributed by atoms with van der Waals surface area (Å²) in [6.45, 7) is 1.45. The molecule has 0 spiro atoms. The number of anilines is 1. The standard InChI is InChI=1S/C16H15ClN2O/c17-14-4-1-11(2-5-14)10-19-16(20)13-3-6-15-12(9-13)7-8-18-15/h1-6,9,18H,7-8,10H2,(H,19,20). The summed E-state index contributed by atoms with van der Waals surface area (Å²) in [6, 6.07) is 13.3. The Labute approximate surface area is 123 Å². The molecule has 0 fully saturated rings. The van der Waals surface area contributed by atoms with E-state index in [4.69, 9.17) is 11.6 Å². The molecular weight excluding hydrogens is 272 g/mol. The highest BCUT2D eigenvalue weighted by molar-refractivity contribution is 6.30. The summed E-state index contributed by atoms with van der Waals surface area (Å²) < 4.78 is 0. The van der Waals surface area contributed by atoms with Gasteiger partial charge < -0.3 is 10.6 Å². The summed E-state index contributed by atoms with van der Waals surface area (Å²) in [6.07, 6.45) is 0.980. The smallest absolute Gasteiger partial charge is 0.251 e. The Kier molecular flexibility index (Phi) is 3.61. The maximum absolute atomic E-state index is 12.1. The molecule has 1 aliphatic rings. The van der Waals surface area contributed by atoms with Gasteiger partial charge in [-0.2, -0.15) is 0 Å². The van der Waals surface area contributed by atoms with E-state index in [1.54, 1.807) is 0 Å². The van der Waals surface area contributed by atoms with Gasteiger partial charge in [-0.25, -0.2) is 0 Å². The van der Waals surface area contributed by atoms with Crippen molar-refractivity contribution in [2.24, 2.45) is 0 Å². The van der Waals surface area contributed by atoms with Crippen LogP contribution in [-0.4, -0.2) is 12.5 Å². The second-order valence-electron chi connectivity index (χ2n) is 4.86. The van der Waals surface area contributed by atoms with E-state index in [0.717, 1.165) is 24.2 Å². The molecule has 0 aliphatic carbocycles. The van der Waals surface area contributed by atoms with E-state index in [9.17, 15) is 4.79 Å². The third kappa shape index (κ3) is 2.78. The van der Waals surface area contributed by atoms with Gasteiger partial charge in [0, 0.05) is 29.4 Å². The number of hydrogen-bond donors (Lipinski definition) is 2. The zero-order chi connectivity index (χ0) is 13.9. The van der Waals surface area contributed by atoms with Crippen LogP contribution in [0.2, 0.25) is 5.02 Å². The molecule has 1 aliphatic heterocycles. The second kappa shape index (κ2) is 5.55.